The van der Waals surface area contributed by atoms with Gasteiger partial charge in [0.15, 0.2) is 29.1 Å². The van der Waals surface area contributed by atoms with Crippen LogP contribution in [0.4, 0.5) is 20.8 Å². The fourth-order valence-corrected chi connectivity index (χ4v) is 4.46. The summed E-state index contributed by atoms with van der Waals surface area (Å²) in [6.07, 6.45) is -0.784. The van der Waals surface area contributed by atoms with Gasteiger partial charge in [0, 0.05) is 23.2 Å². The molecule has 4 heterocycles. The molecule has 13 heteroatoms. The molecule has 2 aliphatic rings. The summed E-state index contributed by atoms with van der Waals surface area (Å²) in [6.45, 7) is 1.84. The number of carbonyl (C=O) groups excluding carboxylic acids is 1. The summed E-state index contributed by atoms with van der Waals surface area (Å²) in [6, 6.07) is 12.4. The Kier molecular flexibility index (Phi) is 5.89. The van der Waals surface area contributed by atoms with E-state index in [1.54, 1.807) is 41.0 Å². The number of nitrogens with one attached hydrogen (secondary N) is 3. The van der Waals surface area contributed by atoms with Gasteiger partial charge < -0.3 is 20.1 Å². The van der Waals surface area contributed by atoms with E-state index >= 15 is 4.39 Å². The summed E-state index contributed by atoms with van der Waals surface area (Å²) in [4.78, 5) is 16.8. The number of ether oxygens (including phenoxy) is 2. The maximum atomic E-state index is 15.1. The van der Waals surface area contributed by atoms with Gasteiger partial charge in [-0.3, -0.25) is 5.10 Å². The van der Waals surface area contributed by atoms with Crippen molar-refractivity contribution >= 4 is 34.8 Å². The van der Waals surface area contributed by atoms with Gasteiger partial charge >= 0.3 is 6.09 Å². The zero-order valence-electron chi connectivity index (χ0n) is 20.1. The van der Waals surface area contributed by atoms with Crippen molar-refractivity contribution in [2.75, 3.05) is 11.9 Å². The zero-order chi connectivity index (χ0) is 26.4. The van der Waals surface area contributed by atoms with Crippen molar-refractivity contribution in [1.82, 2.24) is 30.1 Å². The van der Waals surface area contributed by atoms with Crippen molar-refractivity contribution in [3.63, 3.8) is 0 Å². The van der Waals surface area contributed by atoms with E-state index in [0.29, 0.717) is 39.7 Å². The fourth-order valence-electron chi connectivity index (χ4n) is 4.27. The highest BCUT2D eigenvalue weighted by molar-refractivity contribution is 6.29. The molecule has 11 nitrogen and oxygen atoms in total. The Bertz CT molecular complexity index is 1580. The van der Waals surface area contributed by atoms with E-state index in [9.17, 15) is 10.1 Å². The van der Waals surface area contributed by atoms with Gasteiger partial charge in [-0.05, 0) is 31.9 Å². The molecular formula is C25H22ClFN8O3. The number of alkyl halides is 1. The average molecular weight is 537 g/mol. The lowest BCUT2D eigenvalue weighted by molar-refractivity contribution is 0.0604. The van der Waals surface area contributed by atoms with Crippen LogP contribution in [-0.4, -0.2) is 55.3 Å². The highest BCUT2D eigenvalue weighted by Crippen LogP contribution is 2.36. The summed E-state index contributed by atoms with van der Waals surface area (Å²) in [5.41, 5.74) is 2.46. The lowest BCUT2D eigenvalue weighted by Gasteiger charge is -2.17. The van der Waals surface area contributed by atoms with E-state index < -0.39 is 24.5 Å². The molecule has 194 valence electrons. The first kappa shape index (κ1) is 24.1. The number of nitriles is 1. The quantitative estimate of drug-likeness (QED) is 0.328. The molecule has 6 rings (SSSR count). The van der Waals surface area contributed by atoms with E-state index in [0.717, 1.165) is 12.8 Å². The largest absolute Gasteiger partial charge is 0.441 e. The highest BCUT2D eigenvalue weighted by atomic mass is 35.5. The van der Waals surface area contributed by atoms with Gasteiger partial charge in [0.05, 0.1) is 35.8 Å². The number of rotatable bonds is 6. The standard InChI is InChI=1S/C25H22ClFN8O3/c1-25(5-6-25)31-24(36)38-18-12-37-22(21(18)27)15-8-20(33-32-15)30-23-17-9-19(26)34-35(17)11-16(29-23)14-4-2-3-13(7-14)10-28/h2-4,7-9,11,18,21-22H,5-6,12H2,1H3,(H,31,36)(H2,29,30,32,33)/t18-,21+,22-/m0/s1. The number of aromatic amines is 1. The lowest BCUT2D eigenvalue weighted by atomic mass is 10.1. The molecule has 1 amide bonds. The molecule has 1 saturated heterocycles. The van der Waals surface area contributed by atoms with Crippen LogP contribution in [0.2, 0.25) is 5.15 Å². The van der Waals surface area contributed by atoms with E-state index in [4.69, 9.17) is 26.1 Å². The van der Waals surface area contributed by atoms with Crippen LogP contribution in [0.5, 0.6) is 0 Å². The number of aromatic nitrogens is 5. The summed E-state index contributed by atoms with van der Waals surface area (Å²) in [5, 5.41) is 26.7. The molecule has 2 fully saturated rings. The Balaban J connectivity index is 1.21. The summed E-state index contributed by atoms with van der Waals surface area (Å²) < 4.78 is 27.6. The number of H-pyrrole nitrogens is 1. The van der Waals surface area contributed by atoms with Crippen LogP contribution >= 0.6 is 11.6 Å². The molecule has 4 aromatic rings. The van der Waals surface area contributed by atoms with Crippen LogP contribution in [-0.2, 0) is 9.47 Å². The van der Waals surface area contributed by atoms with Crippen LogP contribution in [0.1, 0.15) is 37.1 Å². The Hall–Kier alpha value is -4.21. The van der Waals surface area contributed by atoms with E-state index in [1.165, 1.54) is 0 Å². The van der Waals surface area contributed by atoms with Crippen molar-refractivity contribution in [3.8, 4) is 17.3 Å². The molecule has 3 N–H and O–H groups in total. The first-order chi connectivity index (χ1) is 18.3. The number of fused-ring (bicyclic) bond motifs is 1. The Labute approximate surface area is 220 Å². The summed E-state index contributed by atoms with van der Waals surface area (Å²) in [7, 11) is 0. The number of alkyl carbamates (subject to hydrolysis) is 1. The van der Waals surface area contributed by atoms with Gasteiger partial charge in [-0.15, -0.1) is 0 Å². The number of anilines is 2. The van der Waals surface area contributed by atoms with Crippen LogP contribution in [0.3, 0.4) is 0 Å². The first-order valence-corrected chi connectivity index (χ1v) is 12.3. The van der Waals surface area contributed by atoms with Crippen molar-refractivity contribution in [3.05, 3.63) is 59.0 Å². The zero-order valence-corrected chi connectivity index (χ0v) is 20.9. The summed E-state index contributed by atoms with van der Waals surface area (Å²) >= 11 is 6.15. The monoisotopic (exact) mass is 536 g/mol. The maximum Gasteiger partial charge on any atom is 0.408 e. The minimum Gasteiger partial charge on any atom is -0.441 e. The molecule has 0 bridgehead atoms. The van der Waals surface area contributed by atoms with Gasteiger partial charge in [0.1, 0.15) is 11.6 Å². The third-order valence-electron chi connectivity index (χ3n) is 6.61. The number of amides is 1. The number of halogens is 2. The van der Waals surface area contributed by atoms with E-state index in [-0.39, 0.29) is 17.3 Å². The number of nitrogens with zero attached hydrogens (tertiary/aromatic N) is 5. The highest BCUT2D eigenvalue weighted by Gasteiger charge is 2.44. The first-order valence-electron chi connectivity index (χ1n) is 11.9. The SMILES string of the molecule is CC1(NC(=O)O[C@H]2CO[C@@H](c3cc(Nc4nc(-c5cccc(C#N)c5)cn5nc(Cl)cc45)n[nH]3)[C@@H]2F)CC1. The third-order valence-corrected chi connectivity index (χ3v) is 6.79. The molecule has 1 aliphatic heterocycles. The minimum atomic E-state index is -1.57. The molecule has 1 saturated carbocycles. The van der Waals surface area contributed by atoms with Gasteiger partial charge in [-0.2, -0.15) is 15.5 Å². The maximum absolute atomic E-state index is 15.1. The smallest absolute Gasteiger partial charge is 0.408 e. The van der Waals surface area contributed by atoms with E-state index in [1.807, 2.05) is 13.0 Å². The molecule has 38 heavy (non-hydrogen) atoms. The normalized spacial score (nSPS) is 21.7. The topological polar surface area (TPSA) is 142 Å². The molecule has 0 spiro atoms. The van der Waals surface area contributed by atoms with Crippen molar-refractivity contribution in [1.29, 1.82) is 5.26 Å². The average Bonchev–Trinajstić information content (AvgIpc) is 3.21. The molecule has 1 aromatic carbocycles. The number of hydrogen-bond donors (Lipinski definition) is 3. The number of hydrogen-bond acceptors (Lipinski definition) is 8. The minimum absolute atomic E-state index is 0.0714. The van der Waals surface area contributed by atoms with Crippen molar-refractivity contribution < 1.29 is 18.7 Å². The third kappa shape index (κ3) is 4.73. The fraction of sp³-hybridized carbons (Fsp3) is 0.320. The van der Waals surface area contributed by atoms with Crippen molar-refractivity contribution in [2.45, 2.75) is 43.7 Å². The Morgan fingerprint density at radius 2 is 2.21 bits per heavy atom. The van der Waals surface area contributed by atoms with Crippen LogP contribution in [0.15, 0.2) is 42.6 Å². The number of benzene rings is 1. The predicted molar refractivity (Wildman–Crippen MR) is 135 cm³/mol. The number of carbonyl (C=O) groups is 1. The molecule has 3 atom stereocenters. The van der Waals surface area contributed by atoms with E-state index in [2.05, 4.69) is 32.0 Å². The Morgan fingerprint density at radius 1 is 1.37 bits per heavy atom. The summed E-state index contributed by atoms with van der Waals surface area (Å²) in [5.74, 6) is 0.757. The predicted octanol–water partition coefficient (Wildman–Crippen LogP) is 4.44. The van der Waals surface area contributed by atoms with Crippen LogP contribution in [0.25, 0.3) is 16.8 Å². The van der Waals surface area contributed by atoms with Gasteiger partial charge in [-0.1, -0.05) is 23.7 Å². The van der Waals surface area contributed by atoms with Gasteiger partial charge in [-0.25, -0.2) is 18.7 Å². The molecule has 0 radical (unpaired) electrons. The molecule has 1 aliphatic carbocycles. The second-order valence-corrected chi connectivity index (χ2v) is 10.0. The van der Waals surface area contributed by atoms with Crippen molar-refractivity contribution in [2.24, 2.45) is 0 Å². The van der Waals surface area contributed by atoms with Gasteiger partial charge in [0.25, 0.3) is 0 Å². The van der Waals surface area contributed by atoms with Crippen LogP contribution in [0, 0.1) is 11.3 Å². The molecule has 3 aromatic heterocycles. The van der Waals surface area contributed by atoms with Crippen LogP contribution < -0.4 is 10.6 Å². The van der Waals surface area contributed by atoms with Gasteiger partial charge in [0.2, 0.25) is 0 Å². The molecular weight excluding hydrogens is 515 g/mol. The second-order valence-electron chi connectivity index (χ2n) is 9.63. The lowest BCUT2D eigenvalue weighted by Crippen LogP contribution is -2.39. The Morgan fingerprint density at radius 3 is 3.00 bits per heavy atom. The second kappa shape index (κ2) is 9.27. The molecule has 0 unspecified atom stereocenters.